The highest BCUT2D eigenvalue weighted by Gasteiger charge is 2.39. The monoisotopic (exact) mass is 512 g/mol. The number of likely N-dealkylation sites (tertiary alicyclic amines) is 1. The molecule has 10 heteroatoms. The fraction of sp³-hybridized carbons (Fsp3) is 0.409. The second-order valence-electron chi connectivity index (χ2n) is 8.37. The molecule has 1 aromatic carbocycles. The summed E-state index contributed by atoms with van der Waals surface area (Å²) in [5, 5.41) is 6.15. The highest BCUT2D eigenvalue weighted by atomic mass is 35.6. The molecule has 0 spiro atoms. The molecule has 2 aliphatic heterocycles. The molecule has 3 atom stereocenters. The van der Waals surface area contributed by atoms with Gasteiger partial charge in [0.1, 0.15) is 6.17 Å². The molecular formula is C22H23Cl3N4O2S. The Morgan fingerprint density at radius 2 is 1.81 bits per heavy atom. The molecule has 2 bridgehead atoms. The number of fused-ring (bicyclic) bond motifs is 4. The number of aryl methyl sites for hydroxylation is 1. The quantitative estimate of drug-likeness (QED) is 0.373. The van der Waals surface area contributed by atoms with E-state index in [9.17, 15) is 9.59 Å². The van der Waals surface area contributed by atoms with Crippen molar-refractivity contribution in [1.82, 2.24) is 20.1 Å². The maximum absolute atomic E-state index is 12.7. The zero-order chi connectivity index (χ0) is 23.0. The topological polar surface area (TPSA) is 66.4 Å². The highest BCUT2D eigenvalue weighted by molar-refractivity contribution is 7.80. The van der Waals surface area contributed by atoms with Gasteiger partial charge in [0.05, 0.1) is 0 Å². The number of thiocarbonyl (C=S) groups is 1. The van der Waals surface area contributed by atoms with Crippen LogP contribution in [0.15, 0.2) is 47.3 Å². The number of nitrogens with zero attached hydrogens (tertiary/aromatic N) is 2. The van der Waals surface area contributed by atoms with Crippen LogP contribution in [0.5, 0.6) is 0 Å². The molecule has 170 valence electrons. The molecule has 0 radical (unpaired) electrons. The van der Waals surface area contributed by atoms with Crippen LogP contribution in [0.3, 0.4) is 0 Å². The van der Waals surface area contributed by atoms with Gasteiger partial charge in [0.25, 0.3) is 11.5 Å². The van der Waals surface area contributed by atoms with Crippen LogP contribution in [0.4, 0.5) is 0 Å². The predicted octanol–water partition coefficient (Wildman–Crippen LogP) is 3.58. The van der Waals surface area contributed by atoms with Crippen LogP contribution in [-0.2, 0) is 6.54 Å². The smallest absolute Gasteiger partial charge is 0.252 e. The number of hydrogen-bond donors (Lipinski definition) is 2. The van der Waals surface area contributed by atoms with Crippen molar-refractivity contribution in [3.05, 3.63) is 69.6 Å². The average molecular weight is 514 g/mol. The summed E-state index contributed by atoms with van der Waals surface area (Å²) in [5.41, 5.74) is 2.55. The van der Waals surface area contributed by atoms with Gasteiger partial charge in [-0.05, 0) is 49.7 Å². The minimum atomic E-state index is -1.82. The van der Waals surface area contributed by atoms with Crippen LogP contribution < -0.4 is 16.2 Å². The van der Waals surface area contributed by atoms with Crippen molar-refractivity contribution in [2.24, 2.45) is 5.92 Å². The van der Waals surface area contributed by atoms with Crippen LogP contribution in [0.1, 0.15) is 34.0 Å². The van der Waals surface area contributed by atoms with Gasteiger partial charge in [-0.25, -0.2) is 0 Å². The van der Waals surface area contributed by atoms with Crippen LogP contribution in [0.2, 0.25) is 0 Å². The van der Waals surface area contributed by atoms with E-state index in [1.54, 1.807) is 24.3 Å². The number of carbonyl (C=O) groups excluding carboxylic acids is 1. The Hall–Kier alpha value is -1.80. The van der Waals surface area contributed by atoms with Crippen molar-refractivity contribution < 1.29 is 4.79 Å². The Morgan fingerprint density at radius 3 is 2.50 bits per heavy atom. The van der Waals surface area contributed by atoms with E-state index in [1.807, 2.05) is 34.6 Å². The standard InChI is InChI=1S/C22H23Cl3N4O2S/c1-13-5-7-15(8-6-13)19(31)26-20(22(23,24)25)27-21(32)28-10-14-9-16(12-28)17-3-2-4-18(30)29(17)11-14/h2-8,14,16,20H,9-12H2,1H3,(H,26,31)(H,27,32)/t14-,16+,20-/m0/s1. The molecule has 0 saturated carbocycles. The summed E-state index contributed by atoms with van der Waals surface area (Å²) in [6.45, 7) is 3.92. The van der Waals surface area contributed by atoms with Crippen LogP contribution in [0, 0.1) is 12.8 Å². The lowest BCUT2D eigenvalue weighted by atomic mass is 9.83. The molecule has 4 rings (SSSR count). The summed E-state index contributed by atoms with van der Waals surface area (Å²) in [5.74, 6) is 0.0967. The summed E-state index contributed by atoms with van der Waals surface area (Å²) in [6, 6.07) is 12.5. The number of carbonyl (C=O) groups is 1. The Morgan fingerprint density at radius 1 is 1.09 bits per heavy atom. The lowest BCUT2D eigenvalue weighted by molar-refractivity contribution is 0.0932. The largest absolute Gasteiger partial charge is 0.348 e. The van der Waals surface area contributed by atoms with Gasteiger partial charge in [-0.2, -0.15) is 0 Å². The number of rotatable bonds is 3. The van der Waals surface area contributed by atoms with Gasteiger partial charge < -0.3 is 20.1 Å². The van der Waals surface area contributed by atoms with Gasteiger partial charge in [0, 0.05) is 42.9 Å². The number of piperidine rings is 1. The first kappa shape index (κ1) is 23.4. The number of pyridine rings is 1. The van der Waals surface area contributed by atoms with E-state index < -0.39 is 9.96 Å². The maximum Gasteiger partial charge on any atom is 0.252 e. The van der Waals surface area contributed by atoms with Crippen LogP contribution in [0.25, 0.3) is 0 Å². The summed E-state index contributed by atoms with van der Waals surface area (Å²) in [4.78, 5) is 26.9. The van der Waals surface area contributed by atoms with Crippen molar-refractivity contribution >= 4 is 58.0 Å². The first-order valence-electron chi connectivity index (χ1n) is 10.3. The van der Waals surface area contributed by atoms with Gasteiger partial charge in [-0.1, -0.05) is 58.6 Å². The number of aromatic nitrogens is 1. The predicted molar refractivity (Wildman–Crippen MR) is 132 cm³/mol. The molecule has 2 N–H and O–H groups in total. The van der Waals surface area contributed by atoms with E-state index in [-0.39, 0.29) is 23.3 Å². The summed E-state index contributed by atoms with van der Waals surface area (Å²) in [7, 11) is 0. The van der Waals surface area contributed by atoms with E-state index >= 15 is 0 Å². The van der Waals surface area contributed by atoms with Crippen molar-refractivity contribution in [1.29, 1.82) is 0 Å². The Kier molecular flexibility index (Phi) is 6.73. The third-order valence-corrected chi connectivity index (χ3v) is 6.98. The second kappa shape index (κ2) is 9.21. The fourth-order valence-electron chi connectivity index (χ4n) is 4.40. The van der Waals surface area contributed by atoms with E-state index in [4.69, 9.17) is 47.0 Å². The molecule has 2 aliphatic rings. The van der Waals surface area contributed by atoms with Crippen molar-refractivity contribution in [2.45, 2.75) is 35.8 Å². The lowest BCUT2D eigenvalue weighted by Gasteiger charge is -2.44. The lowest BCUT2D eigenvalue weighted by Crippen LogP contribution is -2.60. The number of alkyl halides is 3. The maximum atomic E-state index is 12.7. The summed E-state index contributed by atoms with van der Waals surface area (Å²) >= 11 is 24.1. The van der Waals surface area contributed by atoms with E-state index in [1.165, 1.54) is 0 Å². The molecule has 1 saturated heterocycles. The normalized spacial score (nSPS) is 20.8. The van der Waals surface area contributed by atoms with Crippen molar-refractivity contribution in [2.75, 3.05) is 13.1 Å². The number of nitrogens with one attached hydrogen (secondary N) is 2. The van der Waals surface area contributed by atoms with Crippen molar-refractivity contribution in [3.63, 3.8) is 0 Å². The molecule has 1 aromatic heterocycles. The van der Waals surface area contributed by atoms with Gasteiger partial charge in [-0.3, -0.25) is 9.59 Å². The molecule has 32 heavy (non-hydrogen) atoms. The number of halogens is 3. The number of amides is 1. The minimum Gasteiger partial charge on any atom is -0.348 e. The molecule has 2 aromatic rings. The van der Waals surface area contributed by atoms with E-state index in [0.29, 0.717) is 30.3 Å². The zero-order valence-electron chi connectivity index (χ0n) is 17.4. The van der Waals surface area contributed by atoms with Gasteiger partial charge >= 0.3 is 0 Å². The highest BCUT2D eigenvalue weighted by Crippen LogP contribution is 2.35. The summed E-state index contributed by atoms with van der Waals surface area (Å²) in [6.07, 6.45) is -0.0221. The van der Waals surface area contributed by atoms with E-state index in [2.05, 4.69) is 10.6 Å². The second-order valence-corrected chi connectivity index (χ2v) is 11.1. The van der Waals surface area contributed by atoms with Crippen molar-refractivity contribution in [3.8, 4) is 0 Å². The Bertz CT molecular complexity index is 1080. The van der Waals surface area contributed by atoms with Gasteiger partial charge in [-0.15, -0.1) is 0 Å². The molecule has 1 fully saturated rings. The Balaban J connectivity index is 1.47. The molecule has 0 unspecified atom stereocenters. The summed E-state index contributed by atoms with van der Waals surface area (Å²) < 4.78 is 0.0363. The number of benzene rings is 1. The SMILES string of the molecule is Cc1ccc(C(=O)N[C@@H](NC(=S)N2C[C@@H]3C[C@H](C2)c2cccc(=O)n2C3)C(Cl)(Cl)Cl)cc1. The Labute approximate surface area is 206 Å². The van der Waals surface area contributed by atoms with Crippen LogP contribution >= 0.6 is 47.0 Å². The first-order valence-corrected chi connectivity index (χ1v) is 11.9. The molecule has 1 amide bonds. The third-order valence-electron chi connectivity index (χ3n) is 5.95. The van der Waals surface area contributed by atoms with Gasteiger partial charge in [0.15, 0.2) is 5.11 Å². The van der Waals surface area contributed by atoms with Crippen LogP contribution in [-0.4, -0.2) is 43.5 Å². The molecular weight excluding hydrogens is 491 g/mol. The molecule has 6 nitrogen and oxygen atoms in total. The molecule has 0 aliphatic carbocycles. The fourth-order valence-corrected chi connectivity index (χ4v) is 4.99. The third kappa shape index (κ3) is 5.06. The minimum absolute atomic E-state index is 0.0291. The molecule has 3 heterocycles. The van der Waals surface area contributed by atoms with E-state index in [0.717, 1.165) is 17.7 Å². The zero-order valence-corrected chi connectivity index (χ0v) is 20.4. The van der Waals surface area contributed by atoms with Gasteiger partial charge in [0.2, 0.25) is 3.79 Å². The number of hydrogen-bond acceptors (Lipinski definition) is 3. The average Bonchev–Trinajstić information content (AvgIpc) is 2.73. The first-order chi connectivity index (χ1) is 15.1.